The highest BCUT2D eigenvalue weighted by Gasteiger charge is 2.29. The Balaban J connectivity index is 1.93. The van der Waals surface area contributed by atoms with E-state index in [1.807, 2.05) is 4.90 Å². The molecule has 5 nitrogen and oxygen atoms in total. The van der Waals surface area contributed by atoms with Crippen LogP contribution in [0.1, 0.15) is 45.4 Å². The van der Waals surface area contributed by atoms with Crippen LogP contribution in [0.2, 0.25) is 0 Å². The van der Waals surface area contributed by atoms with Crippen molar-refractivity contribution in [3.8, 4) is 0 Å². The lowest BCUT2D eigenvalue weighted by Gasteiger charge is -2.28. The van der Waals surface area contributed by atoms with E-state index in [0.29, 0.717) is 26.2 Å². The van der Waals surface area contributed by atoms with Gasteiger partial charge in [-0.3, -0.25) is 4.79 Å². The Morgan fingerprint density at radius 1 is 1.00 bits per heavy atom. The predicted molar refractivity (Wildman–Crippen MR) is 78.8 cm³/mol. The first-order valence-electron chi connectivity index (χ1n) is 7.81. The lowest BCUT2D eigenvalue weighted by Crippen LogP contribution is -2.40. The van der Waals surface area contributed by atoms with E-state index in [9.17, 15) is 13.2 Å². The van der Waals surface area contributed by atoms with Gasteiger partial charge in [0.2, 0.25) is 15.9 Å². The first kappa shape index (κ1) is 15.8. The highest BCUT2D eigenvalue weighted by atomic mass is 32.2. The molecule has 1 aliphatic carbocycles. The predicted octanol–water partition coefficient (Wildman–Crippen LogP) is 1.45. The molecule has 2 rings (SSSR count). The second-order valence-electron chi connectivity index (χ2n) is 5.81. The molecular formula is C14H26N2O3S. The number of carbonyl (C=O) groups excluding carboxylic acids is 1. The molecular weight excluding hydrogens is 276 g/mol. The molecule has 1 amide bonds. The maximum Gasteiger partial charge on any atom is 0.225 e. The van der Waals surface area contributed by atoms with Crippen molar-refractivity contribution < 1.29 is 13.2 Å². The van der Waals surface area contributed by atoms with Crippen molar-refractivity contribution in [3.63, 3.8) is 0 Å². The maximum atomic E-state index is 12.5. The minimum Gasteiger partial charge on any atom is -0.341 e. The van der Waals surface area contributed by atoms with Crippen LogP contribution in [0.3, 0.4) is 0 Å². The minimum absolute atomic E-state index is 0.142. The van der Waals surface area contributed by atoms with E-state index in [4.69, 9.17) is 0 Å². The third-order valence-electron chi connectivity index (χ3n) is 4.48. The van der Waals surface area contributed by atoms with E-state index >= 15 is 0 Å². The lowest BCUT2D eigenvalue weighted by atomic mass is 9.88. The first-order valence-corrected chi connectivity index (χ1v) is 9.42. The van der Waals surface area contributed by atoms with Crippen molar-refractivity contribution in [1.82, 2.24) is 9.21 Å². The highest BCUT2D eigenvalue weighted by Crippen LogP contribution is 2.26. The molecule has 20 heavy (non-hydrogen) atoms. The van der Waals surface area contributed by atoms with Gasteiger partial charge in [0.25, 0.3) is 0 Å². The van der Waals surface area contributed by atoms with Crippen LogP contribution in [-0.4, -0.2) is 55.5 Å². The summed E-state index contributed by atoms with van der Waals surface area (Å²) >= 11 is 0. The SMILES string of the molecule is CCS(=O)(=O)N1CCCN(C(=O)C2CCCCC2)CC1. The number of rotatable bonds is 3. The molecule has 0 bridgehead atoms. The fourth-order valence-corrected chi connectivity index (χ4v) is 4.31. The molecule has 0 radical (unpaired) electrons. The summed E-state index contributed by atoms with van der Waals surface area (Å²) in [6.07, 6.45) is 6.31. The Morgan fingerprint density at radius 3 is 2.35 bits per heavy atom. The average Bonchev–Trinajstić information content (AvgIpc) is 2.74. The Morgan fingerprint density at radius 2 is 1.70 bits per heavy atom. The Hall–Kier alpha value is -0.620. The summed E-state index contributed by atoms with van der Waals surface area (Å²) in [5, 5.41) is 0. The Kier molecular flexibility index (Phi) is 5.43. The molecule has 116 valence electrons. The van der Waals surface area contributed by atoms with E-state index in [-0.39, 0.29) is 17.6 Å². The summed E-state index contributed by atoms with van der Waals surface area (Å²) in [5.74, 6) is 0.572. The van der Waals surface area contributed by atoms with Gasteiger partial charge in [0.1, 0.15) is 0 Å². The van der Waals surface area contributed by atoms with E-state index in [1.54, 1.807) is 11.2 Å². The molecule has 1 saturated carbocycles. The van der Waals surface area contributed by atoms with Crippen LogP contribution in [-0.2, 0) is 14.8 Å². The molecule has 0 unspecified atom stereocenters. The van der Waals surface area contributed by atoms with E-state index in [2.05, 4.69) is 0 Å². The fraction of sp³-hybridized carbons (Fsp3) is 0.929. The van der Waals surface area contributed by atoms with E-state index in [0.717, 1.165) is 32.1 Å². The normalized spacial score (nSPS) is 23.6. The molecule has 0 spiro atoms. The zero-order chi connectivity index (χ0) is 14.6. The minimum atomic E-state index is -3.12. The third kappa shape index (κ3) is 3.73. The van der Waals surface area contributed by atoms with E-state index < -0.39 is 10.0 Å². The third-order valence-corrected chi connectivity index (χ3v) is 6.36. The molecule has 1 aliphatic heterocycles. The van der Waals surface area contributed by atoms with Crippen molar-refractivity contribution >= 4 is 15.9 Å². The van der Waals surface area contributed by atoms with Crippen LogP contribution < -0.4 is 0 Å². The second-order valence-corrected chi connectivity index (χ2v) is 8.07. The van der Waals surface area contributed by atoms with Gasteiger partial charge in [0.05, 0.1) is 5.75 Å². The zero-order valence-electron chi connectivity index (χ0n) is 12.4. The molecule has 2 fully saturated rings. The van der Waals surface area contributed by atoms with Crippen molar-refractivity contribution in [2.75, 3.05) is 31.9 Å². The number of hydrogen-bond donors (Lipinski definition) is 0. The van der Waals surface area contributed by atoms with Crippen LogP contribution in [0.4, 0.5) is 0 Å². The molecule has 1 saturated heterocycles. The molecule has 0 aromatic rings. The summed E-state index contributed by atoms with van der Waals surface area (Å²) in [4.78, 5) is 14.4. The summed E-state index contributed by atoms with van der Waals surface area (Å²) in [6, 6.07) is 0. The zero-order valence-corrected chi connectivity index (χ0v) is 13.2. The van der Waals surface area contributed by atoms with Crippen LogP contribution in [0, 0.1) is 5.92 Å². The van der Waals surface area contributed by atoms with Gasteiger partial charge >= 0.3 is 0 Å². The topological polar surface area (TPSA) is 57.7 Å². The van der Waals surface area contributed by atoms with Crippen LogP contribution >= 0.6 is 0 Å². The van der Waals surface area contributed by atoms with Gasteiger partial charge in [-0.25, -0.2) is 12.7 Å². The lowest BCUT2D eigenvalue weighted by molar-refractivity contribution is -0.136. The number of nitrogens with zero attached hydrogens (tertiary/aromatic N) is 2. The second kappa shape index (κ2) is 6.89. The number of amides is 1. The summed E-state index contributed by atoms with van der Waals surface area (Å²) in [6.45, 7) is 3.92. The van der Waals surface area contributed by atoms with Crippen molar-refractivity contribution in [2.24, 2.45) is 5.92 Å². The average molecular weight is 302 g/mol. The number of carbonyl (C=O) groups is 1. The monoisotopic (exact) mass is 302 g/mol. The largest absolute Gasteiger partial charge is 0.341 e. The van der Waals surface area contributed by atoms with Crippen molar-refractivity contribution in [2.45, 2.75) is 45.4 Å². The molecule has 0 aromatic heterocycles. The van der Waals surface area contributed by atoms with Gasteiger partial charge in [-0.15, -0.1) is 0 Å². The van der Waals surface area contributed by atoms with Gasteiger partial charge in [-0.2, -0.15) is 0 Å². The van der Waals surface area contributed by atoms with Crippen LogP contribution in [0.5, 0.6) is 0 Å². The fourth-order valence-electron chi connectivity index (χ4n) is 3.18. The van der Waals surface area contributed by atoms with Gasteiger partial charge in [-0.1, -0.05) is 19.3 Å². The summed E-state index contributed by atoms with van der Waals surface area (Å²) in [5.41, 5.74) is 0. The highest BCUT2D eigenvalue weighted by molar-refractivity contribution is 7.89. The quantitative estimate of drug-likeness (QED) is 0.793. The van der Waals surface area contributed by atoms with Gasteiger partial charge < -0.3 is 4.90 Å². The van der Waals surface area contributed by atoms with Crippen LogP contribution in [0.15, 0.2) is 0 Å². The van der Waals surface area contributed by atoms with Crippen molar-refractivity contribution in [3.05, 3.63) is 0 Å². The van der Waals surface area contributed by atoms with Gasteiger partial charge in [0, 0.05) is 32.1 Å². The Labute approximate surface area is 122 Å². The molecule has 0 N–H and O–H groups in total. The standard InChI is InChI=1S/C14H26N2O3S/c1-2-20(18,19)16-10-6-9-15(11-12-16)14(17)13-7-4-3-5-8-13/h13H,2-12H2,1H3. The molecule has 0 atom stereocenters. The van der Waals surface area contributed by atoms with Crippen LogP contribution in [0.25, 0.3) is 0 Å². The molecule has 1 heterocycles. The first-order chi connectivity index (χ1) is 9.54. The van der Waals surface area contributed by atoms with Crippen molar-refractivity contribution in [1.29, 1.82) is 0 Å². The van der Waals surface area contributed by atoms with Gasteiger partial charge in [0.15, 0.2) is 0 Å². The van der Waals surface area contributed by atoms with E-state index in [1.165, 1.54) is 6.42 Å². The Bertz CT molecular complexity index is 430. The molecule has 6 heteroatoms. The number of sulfonamides is 1. The molecule has 2 aliphatic rings. The summed E-state index contributed by atoms with van der Waals surface area (Å²) < 4.78 is 25.4. The van der Waals surface area contributed by atoms with Gasteiger partial charge in [-0.05, 0) is 26.2 Å². The molecule has 0 aromatic carbocycles. The smallest absolute Gasteiger partial charge is 0.225 e. The number of hydrogen-bond acceptors (Lipinski definition) is 3. The summed E-state index contributed by atoms with van der Waals surface area (Å²) in [7, 11) is -3.12. The maximum absolute atomic E-state index is 12.5.